The monoisotopic (exact) mass is 198 g/mol. The minimum atomic E-state index is -2.87. The second-order valence-corrected chi connectivity index (χ2v) is 5.42. The number of rotatable bonds is 5. The van der Waals surface area contributed by atoms with Gasteiger partial charge in [-0.3, -0.25) is 0 Å². The number of alkyl halides is 1. The van der Waals surface area contributed by atoms with Crippen LogP contribution in [0.3, 0.4) is 0 Å². The van der Waals surface area contributed by atoms with Crippen molar-refractivity contribution < 1.29 is 8.42 Å². The Morgan fingerprint density at radius 1 is 1.45 bits per heavy atom. The van der Waals surface area contributed by atoms with E-state index in [-0.39, 0.29) is 23.3 Å². The van der Waals surface area contributed by atoms with Crippen LogP contribution >= 0.6 is 11.6 Å². The molecular formula is C7H15ClO2S. The summed E-state index contributed by atoms with van der Waals surface area (Å²) < 4.78 is 22.2. The SMILES string of the molecule is CCC(C)CS(=O)(=O)CCCl. The predicted octanol–water partition coefficient (Wildman–Crippen LogP) is 1.69. The van der Waals surface area contributed by atoms with E-state index in [2.05, 4.69) is 0 Å². The van der Waals surface area contributed by atoms with Crippen molar-refractivity contribution in [1.29, 1.82) is 0 Å². The maximum Gasteiger partial charge on any atom is 0.151 e. The van der Waals surface area contributed by atoms with Crippen molar-refractivity contribution in [3.8, 4) is 0 Å². The Morgan fingerprint density at radius 3 is 2.36 bits per heavy atom. The van der Waals surface area contributed by atoms with Crippen molar-refractivity contribution in [1.82, 2.24) is 0 Å². The number of hydrogen-bond donors (Lipinski definition) is 0. The van der Waals surface area contributed by atoms with Gasteiger partial charge in [0.15, 0.2) is 9.84 Å². The summed E-state index contributed by atoms with van der Waals surface area (Å²) in [5, 5.41) is 0. The fraction of sp³-hybridized carbons (Fsp3) is 1.00. The minimum Gasteiger partial charge on any atom is -0.229 e. The van der Waals surface area contributed by atoms with Crippen molar-refractivity contribution in [2.75, 3.05) is 17.4 Å². The standard InChI is InChI=1S/C7H15ClO2S/c1-3-7(2)6-11(9,10)5-4-8/h7H,3-6H2,1-2H3. The highest BCUT2D eigenvalue weighted by Gasteiger charge is 2.13. The molecule has 0 fully saturated rings. The molecule has 2 nitrogen and oxygen atoms in total. The highest BCUT2D eigenvalue weighted by Crippen LogP contribution is 2.05. The molecule has 0 heterocycles. The first-order chi connectivity index (χ1) is 5.02. The van der Waals surface area contributed by atoms with Crippen LogP contribution in [0.5, 0.6) is 0 Å². The molecule has 0 amide bonds. The van der Waals surface area contributed by atoms with E-state index in [0.29, 0.717) is 0 Å². The highest BCUT2D eigenvalue weighted by atomic mass is 35.5. The van der Waals surface area contributed by atoms with E-state index >= 15 is 0 Å². The van der Waals surface area contributed by atoms with E-state index in [4.69, 9.17) is 11.6 Å². The van der Waals surface area contributed by atoms with E-state index in [1.165, 1.54) is 0 Å². The molecule has 0 spiro atoms. The van der Waals surface area contributed by atoms with Gasteiger partial charge in [0, 0.05) is 5.88 Å². The summed E-state index contributed by atoms with van der Waals surface area (Å²) in [4.78, 5) is 0. The van der Waals surface area contributed by atoms with E-state index in [1.54, 1.807) is 0 Å². The third-order valence-corrected chi connectivity index (χ3v) is 3.94. The van der Waals surface area contributed by atoms with Gasteiger partial charge in [0.05, 0.1) is 11.5 Å². The van der Waals surface area contributed by atoms with E-state index < -0.39 is 9.84 Å². The smallest absolute Gasteiger partial charge is 0.151 e. The first-order valence-electron chi connectivity index (χ1n) is 3.78. The molecule has 0 rings (SSSR count). The average molecular weight is 199 g/mol. The van der Waals surface area contributed by atoms with Gasteiger partial charge in [-0.05, 0) is 5.92 Å². The number of halogens is 1. The van der Waals surface area contributed by atoms with Crippen LogP contribution in [0.1, 0.15) is 20.3 Å². The van der Waals surface area contributed by atoms with E-state index in [0.717, 1.165) is 6.42 Å². The Bertz CT molecular complexity index is 187. The van der Waals surface area contributed by atoms with Gasteiger partial charge in [-0.1, -0.05) is 20.3 Å². The minimum absolute atomic E-state index is 0.110. The fourth-order valence-electron chi connectivity index (χ4n) is 0.752. The molecule has 4 heteroatoms. The quantitative estimate of drug-likeness (QED) is 0.630. The lowest BCUT2D eigenvalue weighted by molar-refractivity contribution is 0.565. The van der Waals surface area contributed by atoms with Crippen LogP contribution in [-0.2, 0) is 9.84 Å². The van der Waals surface area contributed by atoms with Crippen molar-refractivity contribution >= 4 is 21.4 Å². The molecule has 0 aromatic rings. The molecule has 0 aliphatic rings. The lowest BCUT2D eigenvalue weighted by atomic mass is 10.2. The summed E-state index contributed by atoms with van der Waals surface area (Å²) in [7, 11) is -2.87. The van der Waals surface area contributed by atoms with Crippen LogP contribution in [0.15, 0.2) is 0 Å². The van der Waals surface area contributed by atoms with Gasteiger partial charge in [0.25, 0.3) is 0 Å². The molecule has 0 saturated carbocycles. The maximum absolute atomic E-state index is 11.1. The molecule has 0 aromatic heterocycles. The first-order valence-corrected chi connectivity index (χ1v) is 6.13. The van der Waals surface area contributed by atoms with E-state index in [9.17, 15) is 8.42 Å². The van der Waals surface area contributed by atoms with Crippen molar-refractivity contribution in [3.63, 3.8) is 0 Å². The summed E-state index contributed by atoms with van der Waals surface area (Å²) in [5.41, 5.74) is 0. The Labute approximate surface area is 73.9 Å². The Kier molecular flexibility index (Phi) is 5.10. The molecule has 0 N–H and O–H groups in total. The predicted molar refractivity (Wildman–Crippen MR) is 48.8 cm³/mol. The lowest BCUT2D eigenvalue weighted by Gasteiger charge is -2.07. The molecule has 11 heavy (non-hydrogen) atoms. The van der Waals surface area contributed by atoms with E-state index in [1.807, 2.05) is 13.8 Å². The van der Waals surface area contributed by atoms with Crippen LogP contribution in [-0.4, -0.2) is 25.8 Å². The second-order valence-electron chi connectivity index (χ2n) is 2.82. The van der Waals surface area contributed by atoms with Crippen LogP contribution in [0.25, 0.3) is 0 Å². The fourth-order valence-corrected chi connectivity index (χ4v) is 2.96. The van der Waals surface area contributed by atoms with Gasteiger partial charge in [-0.15, -0.1) is 11.6 Å². The topological polar surface area (TPSA) is 34.1 Å². The molecule has 1 atom stereocenters. The normalized spacial score (nSPS) is 14.8. The van der Waals surface area contributed by atoms with Gasteiger partial charge in [0.1, 0.15) is 0 Å². The third kappa shape index (κ3) is 5.50. The zero-order valence-corrected chi connectivity index (χ0v) is 8.58. The summed E-state index contributed by atoms with van der Waals surface area (Å²) in [5.74, 6) is 0.844. The summed E-state index contributed by atoms with van der Waals surface area (Å²) in [6.45, 7) is 3.92. The van der Waals surface area contributed by atoms with Gasteiger partial charge in [-0.2, -0.15) is 0 Å². The summed E-state index contributed by atoms with van der Waals surface area (Å²) in [6.07, 6.45) is 0.904. The van der Waals surface area contributed by atoms with Gasteiger partial charge < -0.3 is 0 Å². The third-order valence-electron chi connectivity index (χ3n) is 1.62. The molecular weight excluding hydrogens is 184 g/mol. The Balaban J connectivity index is 3.92. The summed E-state index contributed by atoms with van der Waals surface area (Å²) >= 11 is 5.33. The number of hydrogen-bond acceptors (Lipinski definition) is 2. The van der Waals surface area contributed by atoms with Crippen LogP contribution in [0.2, 0.25) is 0 Å². The second kappa shape index (κ2) is 4.99. The van der Waals surface area contributed by atoms with Gasteiger partial charge in [0.2, 0.25) is 0 Å². The average Bonchev–Trinajstić information content (AvgIpc) is 1.86. The molecule has 0 bridgehead atoms. The zero-order valence-electron chi connectivity index (χ0n) is 7.01. The molecule has 1 unspecified atom stereocenters. The molecule has 0 aliphatic heterocycles. The molecule has 0 radical (unpaired) electrons. The zero-order chi connectivity index (χ0) is 8.91. The van der Waals surface area contributed by atoms with Crippen molar-refractivity contribution in [2.45, 2.75) is 20.3 Å². The Hall–Kier alpha value is 0.240. The lowest BCUT2D eigenvalue weighted by Crippen LogP contribution is -2.17. The molecule has 0 aliphatic carbocycles. The largest absolute Gasteiger partial charge is 0.229 e. The van der Waals surface area contributed by atoms with Crippen LogP contribution < -0.4 is 0 Å². The summed E-state index contributed by atoms with van der Waals surface area (Å²) in [6, 6.07) is 0. The van der Waals surface area contributed by atoms with Gasteiger partial charge in [-0.25, -0.2) is 8.42 Å². The number of sulfone groups is 1. The van der Waals surface area contributed by atoms with Crippen molar-refractivity contribution in [3.05, 3.63) is 0 Å². The van der Waals surface area contributed by atoms with Crippen LogP contribution in [0, 0.1) is 5.92 Å². The maximum atomic E-state index is 11.1. The van der Waals surface area contributed by atoms with Gasteiger partial charge >= 0.3 is 0 Å². The molecule has 68 valence electrons. The Morgan fingerprint density at radius 2 is 2.00 bits per heavy atom. The molecule has 0 saturated heterocycles. The van der Waals surface area contributed by atoms with Crippen LogP contribution in [0.4, 0.5) is 0 Å². The first kappa shape index (κ1) is 11.2. The highest BCUT2D eigenvalue weighted by molar-refractivity contribution is 7.91. The van der Waals surface area contributed by atoms with Crippen molar-refractivity contribution in [2.24, 2.45) is 5.92 Å². The molecule has 0 aromatic carbocycles.